The van der Waals surface area contributed by atoms with E-state index < -0.39 is 0 Å². The topological polar surface area (TPSA) is 38.7 Å². The van der Waals surface area contributed by atoms with Gasteiger partial charge in [-0.15, -0.1) is 0 Å². The molecule has 0 spiro atoms. The zero-order valence-electron chi connectivity index (χ0n) is 7.28. The molecule has 0 bridgehead atoms. The minimum absolute atomic E-state index is 0.357. The zero-order valence-corrected chi connectivity index (χ0v) is 7.28. The molecule has 3 heteroatoms. The maximum atomic E-state index is 11.2. The maximum Gasteiger partial charge on any atom is 0.356 e. The number of ether oxygens (including phenoxy) is 1. The Morgan fingerprint density at radius 2 is 2.23 bits per heavy atom. The zero-order chi connectivity index (χ0) is 9.26. The molecule has 0 amide bonds. The molecule has 1 aliphatic heterocycles. The van der Waals surface area contributed by atoms with Gasteiger partial charge < -0.3 is 4.74 Å². The van der Waals surface area contributed by atoms with Crippen molar-refractivity contribution in [2.45, 2.75) is 6.54 Å². The molecular weight excluding hydrogens is 166 g/mol. The molecule has 1 aromatic carbocycles. The summed E-state index contributed by atoms with van der Waals surface area (Å²) in [4.78, 5) is 15.3. The summed E-state index contributed by atoms with van der Waals surface area (Å²) in [6, 6.07) is 7.68. The van der Waals surface area contributed by atoms with E-state index in [-0.39, 0.29) is 5.97 Å². The summed E-state index contributed by atoms with van der Waals surface area (Å²) >= 11 is 0. The number of fused-ring (bicyclic) bond motifs is 1. The van der Waals surface area contributed by atoms with Crippen LogP contribution in [0.25, 0.3) is 0 Å². The lowest BCUT2D eigenvalue weighted by molar-refractivity contribution is -0.132. The van der Waals surface area contributed by atoms with Crippen LogP contribution in [-0.4, -0.2) is 18.8 Å². The summed E-state index contributed by atoms with van der Waals surface area (Å²) in [5.41, 5.74) is 2.43. The van der Waals surface area contributed by atoms with Crippen LogP contribution in [0.4, 0.5) is 0 Å². The van der Waals surface area contributed by atoms with Crippen molar-refractivity contribution in [3.8, 4) is 0 Å². The Bertz CT molecular complexity index is 382. The van der Waals surface area contributed by atoms with Gasteiger partial charge in [-0.1, -0.05) is 24.3 Å². The fourth-order valence-corrected chi connectivity index (χ4v) is 1.41. The molecule has 1 aliphatic rings. The monoisotopic (exact) mass is 175 g/mol. The molecule has 2 rings (SSSR count). The van der Waals surface area contributed by atoms with Crippen LogP contribution in [0.3, 0.4) is 0 Å². The minimum Gasteiger partial charge on any atom is -0.464 e. The summed E-state index contributed by atoms with van der Waals surface area (Å²) < 4.78 is 4.62. The second-order valence-corrected chi connectivity index (χ2v) is 2.81. The van der Waals surface area contributed by atoms with Gasteiger partial charge in [0.05, 0.1) is 13.7 Å². The highest BCUT2D eigenvalue weighted by atomic mass is 16.5. The van der Waals surface area contributed by atoms with E-state index in [9.17, 15) is 4.79 Å². The number of rotatable bonds is 1. The number of benzene rings is 1. The number of aliphatic imine (C=N–C) groups is 1. The van der Waals surface area contributed by atoms with E-state index in [2.05, 4.69) is 9.73 Å². The van der Waals surface area contributed by atoms with Gasteiger partial charge in [-0.05, 0) is 5.56 Å². The Morgan fingerprint density at radius 3 is 3.00 bits per heavy atom. The second kappa shape index (κ2) is 3.01. The molecule has 0 radical (unpaired) electrons. The predicted octanol–water partition coefficient (Wildman–Crippen LogP) is 1.16. The van der Waals surface area contributed by atoms with Gasteiger partial charge in [-0.25, -0.2) is 4.79 Å². The second-order valence-electron chi connectivity index (χ2n) is 2.81. The van der Waals surface area contributed by atoms with Crippen LogP contribution >= 0.6 is 0 Å². The SMILES string of the molecule is COC(=O)C1=NCc2ccccc21. The van der Waals surface area contributed by atoms with Crippen LogP contribution in [0.2, 0.25) is 0 Å². The lowest BCUT2D eigenvalue weighted by Crippen LogP contribution is -2.15. The molecule has 0 N–H and O–H groups in total. The number of methoxy groups -OCH3 is 1. The van der Waals surface area contributed by atoms with Gasteiger partial charge >= 0.3 is 5.97 Å². The van der Waals surface area contributed by atoms with E-state index in [1.54, 1.807) is 0 Å². The van der Waals surface area contributed by atoms with Gasteiger partial charge in [0.2, 0.25) is 0 Å². The number of nitrogens with zero attached hydrogens (tertiary/aromatic N) is 1. The summed E-state index contributed by atoms with van der Waals surface area (Å²) in [5, 5.41) is 0. The molecular formula is C10H9NO2. The van der Waals surface area contributed by atoms with Gasteiger partial charge in [0, 0.05) is 5.56 Å². The lowest BCUT2D eigenvalue weighted by Gasteiger charge is -1.99. The molecule has 0 aromatic heterocycles. The van der Waals surface area contributed by atoms with Gasteiger partial charge in [-0.3, -0.25) is 4.99 Å². The number of hydrogen-bond donors (Lipinski definition) is 0. The van der Waals surface area contributed by atoms with Crippen molar-refractivity contribution in [2.75, 3.05) is 7.11 Å². The third-order valence-electron chi connectivity index (χ3n) is 2.06. The Kier molecular flexibility index (Phi) is 1.85. The number of hydrogen-bond acceptors (Lipinski definition) is 3. The molecule has 0 atom stereocenters. The molecule has 1 heterocycles. The van der Waals surface area contributed by atoms with Crippen LogP contribution < -0.4 is 0 Å². The maximum absolute atomic E-state index is 11.2. The van der Waals surface area contributed by atoms with E-state index in [0.717, 1.165) is 11.1 Å². The normalized spacial score (nSPS) is 13.5. The molecule has 66 valence electrons. The molecule has 0 fully saturated rings. The fourth-order valence-electron chi connectivity index (χ4n) is 1.41. The Labute approximate surface area is 76.1 Å². The molecule has 0 unspecified atom stereocenters. The first kappa shape index (κ1) is 7.98. The van der Waals surface area contributed by atoms with Gasteiger partial charge in [0.1, 0.15) is 0 Å². The van der Waals surface area contributed by atoms with Crippen molar-refractivity contribution < 1.29 is 9.53 Å². The van der Waals surface area contributed by atoms with Crippen molar-refractivity contribution in [2.24, 2.45) is 4.99 Å². The first-order valence-corrected chi connectivity index (χ1v) is 4.04. The highest BCUT2D eigenvalue weighted by Gasteiger charge is 2.21. The van der Waals surface area contributed by atoms with E-state index in [4.69, 9.17) is 0 Å². The van der Waals surface area contributed by atoms with Gasteiger partial charge in [0.25, 0.3) is 0 Å². The van der Waals surface area contributed by atoms with E-state index in [1.807, 2.05) is 24.3 Å². The average molecular weight is 175 g/mol. The standard InChI is InChI=1S/C10H9NO2/c1-13-10(12)9-8-5-3-2-4-7(8)6-11-9/h2-5H,6H2,1H3. The Morgan fingerprint density at radius 1 is 1.46 bits per heavy atom. The van der Waals surface area contributed by atoms with Crippen molar-refractivity contribution in [1.82, 2.24) is 0 Å². The highest BCUT2D eigenvalue weighted by Crippen LogP contribution is 2.18. The minimum atomic E-state index is -0.357. The Balaban J connectivity index is 2.41. The van der Waals surface area contributed by atoms with Crippen molar-refractivity contribution in [3.63, 3.8) is 0 Å². The van der Waals surface area contributed by atoms with Crippen molar-refractivity contribution in [3.05, 3.63) is 35.4 Å². The molecule has 1 aromatic rings. The van der Waals surface area contributed by atoms with E-state index in [1.165, 1.54) is 7.11 Å². The van der Waals surface area contributed by atoms with Gasteiger partial charge in [0.15, 0.2) is 5.71 Å². The molecule has 13 heavy (non-hydrogen) atoms. The molecule has 0 saturated carbocycles. The van der Waals surface area contributed by atoms with Gasteiger partial charge in [-0.2, -0.15) is 0 Å². The summed E-state index contributed by atoms with van der Waals surface area (Å²) in [5.74, 6) is -0.357. The smallest absolute Gasteiger partial charge is 0.356 e. The lowest BCUT2D eigenvalue weighted by atomic mass is 10.1. The van der Waals surface area contributed by atoms with Crippen LogP contribution in [0.5, 0.6) is 0 Å². The molecule has 0 saturated heterocycles. The third-order valence-corrected chi connectivity index (χ3v) is 2.06. The Hall–Kier alpha value is -1.64. The third kappa shape index (κ3) is 1.22. The fraction of sp³-hybridized carbons (Fsp3) is 0.200. The van der Waals surface area contributed by atoms with Crippen LogP contribution in [0.1, 0.15) is 11.1 Å². The summed E-state index contributed by atoms with van der Waals surface area (Å²) in [7, 11) is 1.37. The highest BCUT2D eigenvalue weighted by molar-refractivity contribution is 6.44. The molecule has 0 aliphatic carbocycles. The number of esters is 1. The number of carbonyl (C=O) groups is 1. The average Bonchev–Trinajstić information content (AvgIpc) is 2.60. The van der Waals surface area contributed by atoms with E-state index >= 15 is 0 Å². The summed E-state index contributed by atoms with van der Waals surface area (Å²) in [6.45, 7) is 0.584. The number of carbonyl (C=O) groups excluding carboxylic acids is 1. The van der Waals surface area contributed by atoms with Crippen LogP contribution in [0.15, 0.2) is 29.3 Å². The quantitative estimate of drug-likeness (QED) is 0.601. The predicted molar refractivity (Wildman–Crippen MR) is 48.7 cm³/mol. The van der Waals surface area contributed by atoms with Crippen molar-refractivity contribution in [1.29, 1.82) is 0 Å². The largest absolute Gasteiger partial charge is 0.464 e. The van der Waals surface area contributed by atoms with Crippen LogP contribution in [0, 0.1) is 0 Å². The first-order valence-electron chi connectivity index (χ1n) is 4.04. The molecule has 3 nitrogen and oxygen atoms in total. The first-order chi connectivity index (χ1) is 6.33. The summed E-state index contributed by atoms with van der Waals surface area (Å²) in [6.07, 6.45) is 0. The van der Waals surface area contributed by atoms with Crippen LogP contribution in [-0.2, 0) is 16.1 Å². The van der Waals surface area contributed by atoms with Crippen molar-refractivity contribution >= 4 is 11.7 Å². The van der Waals surface area contributed by atoms with E-state index in [0.29, 0.717) is 12.3 Å².